The SMILES string of the molecule is CN(C)C(=O)c1cccnc1OC1CCN(S(=O)(=O)Cc2ccccc2Cl)C1. The maximum Gasteiger partial charge on any atom is 0.258 e. The number of amides is 1. The van der Waals surface area contributed by atoms with Gasteiger partial charge < -0.3 is 9.64 Å². The van der Waals surface area contributed by atoms with E-state index in [9.17, 15) is 13.2 Å². The van der Waals surface area contributed by atoms with Crippen LogP contribution in [0.2, 0.25) is 5.02 Å². The summed E-state index contributed by atoms with van der Waals surface area (Å²) in [7, 11) is -0.226. The van der Waals surface area contributed by atoms with Gasteiger partial charge in [0.2, 0.25) is 15.9 Å². The van der Waals surface area contributed by atoms with Crippen molar-refractivity contribution in [2.75, 3.05) is 27.2 Å². The molecule has 0 aliphatic carbocycles. The van der Waals surface area contributed by atoms with Gasteiger partial charge in [0, 0.05) is 31.9 Å². The highest BCUT2D eigenvalue weighted by molar-refractivity contribution is 7.88. The third-order valence-electron chi connectivity index (χ3n) is 4.48. The zero-order valence-corrected chi connectivity index (χ0v) is 17.3. The summed E-state index contributed by atoms with van der Waals surface area (Å²) < 4.78 is 32.8. The second-order valence-electron chi connectivity index (χ2n) is 6.79. The maximum atomic E-state index is 12.8. The van der Waals surface area contributed by atoms with Crippen LogP contribution in [-0.2, 0) is 15.8 Å². The minimum atomic E-state index is -3.53. The average Bonchev–Trinajstić information content (AvgIpc) is 3.13. The minimum absolute atomic E-state index is 0.159. The van der Waals surface area contributed by atoms with Gasteiger partial charge in [-0.3, -0.25) is 4.79 Å². The van der Waals surface area contributed by atoms with Gasteiger partial charge in [0.05, 0.1) is 12.3 Å². The molecule has 28 heavy (non-hydrogen) atoms. The van der Waals surface area contributed by atoms with Gasteiger partial charge in [0.1, 0.15) is 11.7 Å². The Balaban J connectivity index is 1.69. The first kappa shape index (κ1) is 20.6. The maximum absolute atomic E-state index is 12.8. The fourth-order valence-corrected chi connectivity index (χ4v) is 4.88. The molecule has 1 aromatic heterocycles. The molecule has 150 valence electrons. The molecule has 0 bridgehead atoms. The van der Waals surface area contributed by atoms with Crippen molar-refractivity contribution in [1.29, 1.82) is 0 Å². The molecule has 1 aromatic carbocycles. The Morgan fingerprint density at radius 2 is 2.04 bits per heavy atom. The fraction of sp³-hybridized carbons (Fsp3) is 0.368. The monoisotopic (exact) mass is 423 g/mol. The normalized spacial score (nSPS) is 17.5. The average molecular weight is 424 g/mol. The third-order valence-corrected chi connectivity index (χ3v) is 6.65. The lowest BCUT2D eigenvalue weighted by molar-refractivity contribution is 0.0818. The predicted molar refractivity (Wildman–Crippen MR) is 107 cm³/mol. The number of sulfonamides is 1. The number of aromatic nitrogens is 1. The molecule has 1 saturated heterocycles. The largest absolute Gasteiger partial charge is 0.472 e. The van der Waals surface area contributed by atoms with Gasteiger partial charge in [0.25, 0.3) is 5.91 Å². The van der Waals surface area contributed by atoms with E-state index in [0.717, 1.165) is 0 Å². The van der Waals surface area contributed by atoms with Crippen LogP contribution in [0.1, 0.15) is 22.3 Å². The van der Waals surface area contributed by atoms with Crippen LogP contribution < -0.4 is 4.74 Å². The van der Waals surface area contributed by atoms with Crippen molar-refractivity contribution in [1.82, 2.24) is 14.2 Å². The zero-order chi connectivity index (χ0) is 20.3. The van der Waals surface area contributed by atoms with Gasteiger partial charge in [0.15, 0.2) is 0 Å². The highest BCUT2D eigenvalue weighted by Gasteiger charge is 2.33. The number of halogens is 1. The second-order valence-corrected chi connectivity index (χ2v) is 9.17. The van der Waals surface area contributed by atoms with E-state index in [1.165, 1.54) is 9.21 Å². The molecule has 9 heteroatoms. The first-order valence-corrected chi connectivity index (χ1v) is 10.8. The van der Waals surface area contributed by atoms with E-state index < -0.39 is 10.0 Å². The Kier molecular flexibility index (Phi) is 6.22. The molecule has 1 unspecified atom stereocenters. The number of hydrogen-bond acceptors (Lipinski definition) is 5. The predicted octanol–water partition coefficient (Wildman–Crippen LogP) is 2.42. The highest BCUT2D eigenvalue weighted by Crippen LogP contribution is 2.25. The van der Waals surface area contributed by atoms with Gasteiger partial charge in [-0.1, -0.05) is 29.8 Å². The summed E-state index contributed by atoms with van der Waals surface area (Å²) in [4.78, 5) is 17.9. The van der Waals surface area contributed by atoms with E-state index in [1.807, 2.05) is 0 Å². The number of carbonyl (C=O) groups is 1. The first-order valence-electron chi connectivity index (χ1n) is 8.82. The molecule has 1 fully saturated rings. The lowest BCUT2D eigenvalue weighted by Gasteiger charge is -2.19. The van der Waals surface area contributed by atoms with E-state index in [2.05, 4.69) is 4.98 Å². The van der Waals surface area contributed by atoms with Crippen LogP contribution in [-0.4, -0.2) is 61.8 Å². The van der Waals surface area contributed by atoms with Crippen LogP contribution in [0, 0.1) is 0 Å². The van der Waals surface area contributed by atoms with Gasteiger partial charge in [-0.2, -0.15) is 4.31 Å². The molecule has 0 spiro atoms. The van der Waals surface area contributed by atoms with Crippen LogP contribution in [0.3, 0.4) is 0 Å². The summed E-state index contributed by atoms with van der Waals surface area (Å²) in [5.74, 6) is -0.159. The van der Waals surface area contributed by atoms with Gasteiger partial charge >= 0.3 is 0 Å². The van der Waals surface area contributed by atoms with Gasteiger partial charge in [-0.15, -0.1) is 0 Å². The van der Waals surface area contributed by atoms with Crippen LogP contribution in [0.5, 0.6) is 5.88 Å². The van der Waals surface area contributed by atoms with Crippen molar-refractivity contribution in [2.45, 2.75) is 18.3 Å². The first-order chi connectivity index (χ1) is 13.3. The van der Waals surface area contributed by atoms with Crippen LogP contribution in [0.4, 0.5) is 0 Å². The van der Waals surface area contributed by atoms with E-state index in [1.54, 1.807) is 56.7 Å². The Labute approximate surface area is 169 Å². The number of hydrogen-bond donors (Lipinski definition) is 0. The minimum Gasteiger partial charge on any atom is -0.472 e. The van der Waals surface area contributed by atoms with Crippen LogP contribution >= 0.6 is 11.6 Å². The van der Waals surface area contributed by atoms with Gasteiger partial charge in [-0.05, 0) is 30.2 Å². The summed E-state index contributed by atoms with van der Waals surface area (Å²) in [6, 6.07) is 10.2. The lowest BCUT2D eigenvalue weighted by Crippen LogP contribution is -2.32. The van der Waals surface area contributed by atoms with Crippen molar-refractivity contribution < 1.29 is 17.9 Å². The van der Waals surface area contributed by atoms with Crippen molar-refractivity contribution in [2.24, 2.45) is 0 Å². The van der Waals surface area contributed by atoms with Crippen molar-refractivity contribution in [3.8, 4) is 5.88 Å². The Morgan fingerprint density at radius 1 is 1.29 bits per heavy atom. The summed E-state index contributed by atoms with van der Waals surface area (Å²) >= 11 is 6.09. The van der Waals surface area contributed by atoms with E-state index in [0.29, 0.717) is 29.1 Å². The second kappa shape index (κ2) is 8.46. The summed E-state index contributed by atoms with van der Waals surface area (Å²) in [6.45, 7) is 0.556. The molecule has 0 saturated carbocycles. The molecular formula is C19H22ClN3O4S. The number of pyridine rings is 1. The van der Waals surface area contributed by atoms with Crippen molar-refractivity contribution >= 4 is 27.5 Å². The Hall–Kier alpha value is -2.16. The summed E-state index contributed by atoms with van der Waals surface area (Å²) in [5, 5.41) is 0.429. The Morgan fingerprint density at radius 3 is 2.75 bits per heavy atom. The van der Waals surface area contributed by atoms with Gasteiger partial charge in [-0.25, -0.2) is 13.4 Å². The smallest absolute Gasteiger partial charge is 0.258 e. The molecule has 2 aromatic rings. The van der Waals surface area contributed by atoms with E-state index >= 15 is 0 Å². The molecular weight excluding hydrogens is 402 g/mol. The van der Waals surface area contributed by atoms with Crippen LogP contribution in [0.15, 0.2) is 42.6 Å². The molecule has 2 heterocycles. The summed E-state index contributed by atoms with van der Waals surface area (Å²) in [6.07, 6.45) is 1.70. The van der Waals surface area contributed by atoms with E-state index in [4.69, 9.17) is 16.3 Å². The third kappa shape index (κ3) is 4.63. The summed E-state index contributed by atoms with van der Waals surface area (Å²) in [5.41, 5.74) is 0.919. The zero-order valence-electron chi connectivity index (χ0n) is 15.7. The van der Waals surface area contributed by atoms with E-state index in [-0.39, 0.29) is 30.2 Å². The molecule has 3 rings (SSSR count). The molecule has 1 aliphatic heterocycles. The Bertz CT molecular complexity index is 965. The molecule has 0 radical (unpaired) electrons. The standard InChI is InChI=1S/C19H22ClN3O4S/c1-22(2)19(24)16-7-5-10-21-18(16)27-15-9-11-23(12-15)28(25,26)13-14-6-3-4-8-17(14)20/h3-8,10,15H,9,11-13H2,1-2H3. The number of carbonyl (C=O) groups excluding carboxylic acids is 1. The topological polar surface area (TPSA) is 79.8 Å². The fourth-order valence-electron chi connectivity index (χ4n) is 3.00. The number of rotatable bonds is 6. The lowest BCUT2D eigenvalue weighted by atomic mass is 10.2. The van der Waals surface area contributed by atoms with Crippen LogP contribution in [0.25, 0.3) is 0 Å². The molecule has 1 atom stereocenters. The van der Waals surface area contributed by atoms with Crippen molar-refractivity contribution in [3.05, 3.63) is 58.7 Å². The molecule has 1 aliphatic rings. The highest BCUT2D eigenvalue weighted by atomic mass is 35.5. The number of nitrogens with zero attached hydrogens (tertiary/aromatic N) is 3. The van der Waals surface area contributed by atoms with Crippen molar-refractivity contribution in [3.63, 3.8) is 0 Å². The molecule has 1 amide bonds. The number of benzene rings is 1. The number of ether oxygens (including phenoxy) is 1. The molecule has 0 N–H and O–H groups in total. The molecule has 7 nitrogen and oxygen atoms in total. The quantitative estimate of drug-likeness (QED) is 0.712.